The van der Waals surface area contributed by atoms with Gasteiger partial charge >= 0.3 is 0 Å². The van der Waals surface area contributed by atoms with E-state index in [4.69, 9.17) is 0 Å². The molecule has 0 aliphatic heterocycles. The third-order valence-electron chi connectivity index (χ3n) is 1.71. The number of nitro groups is 1. The van der Waals surface area contributed by atoms with Crippen molar-refractivity contribution in [3.8, 4) is 0 Å². The van der Waals surface area contributed by atoms with Crippen LogP contribution in [-0.4, -0.2) is 16.7 Å². The minimum Gasteiger partial charge on any atom is -0.293 e. The van der Waals surface area contributed by atoms with E-state index in [1.807, 2.05) is 5.32 Å². The third-order valence-corrected chi connectivity index (χ3v) is 2.54. The van der Waals surface area contributed by atoms with Gasteiger partial charge in [-0.25, -0.2) is 0 Å². The van der Waals surface area contributed by atoms with Gasteiger partial charge in [-0.3, -0.25) is 25.0 Å². The fraction of sp³-hybridized carbons (Fsp3) is 0.111. The van der Waals surface area contributed by atoms with Gasteiger partial charge in [0, 0.05) is 13.0 Å². The molecule has 0 spiro atoms. The Morgan fingerprint density at radius 1 is 1.44 bits per heavy atom. The molecule has 0 atom stereocenters. The maximum Gasteiger partial charge on any atom is 0.284 e. The van der Waals surface area contributed by atoms with Gasteiger partial charge in [0.05, 0.1) is 10.5 Å². The molecule has 16 heavy (non-hydrogen) atoms. The highest BCUT2D eigenvalue weighted by Crippen LogP contribution is 2.27. The highest BCUT2D eigenvalue weighted by molar-refractivity contribution is 9.10. The molecule has 0 aromatic heterocycles. The Balaban J connectivity index is 3.15. The molecule has 0 radical (unpaired) electrons. The van der Waals surface area contributed by atoms with E-state index < -0.39 is 16.7 Å². The van der Waals surface area contributed by atoms with Crippen LogP contribution in [0.4, 0.5) is 5.69 Å². The van der Waals surface area contributed by atoms with Gasteiger partial charge in [-0.2, -0.15) is 0 Å². The lowest BCUT2D eigenvalue weighted by Gasteiger charge is -2.03. The maximum atomic E-state index is 11.5. The highest BCUT2D eigenvalue weighted by Gasteiger charge is 2.19. The van der Waals surface area contributed by atoms with Crippen LogP contribution < -0.4 is 5.32 Å². The molecule has 84 valence electrons. The number of carbonyl (C=O) groups excluding carboxylic acids is 2. The van der Waals surface area contributed by atoms with Gasteiger partial charge in [-0.05, 0) is 22.0 Å². The number of nitrogens with one attached hydrogen (secondary N) is 1. The van der Waals surface area contributed by atoms with Crippen LogP contribution in [0.5, 0.6) is 0 Å². The van der Waals surface area contributed by atoms with Gasteiger partial charge in [-0.15, -0.1) is 0 Å². The summed E-state index contributed by atoms with van der Waals surface area (Å²) < 4.78 is 0.0544. The summed E-state index contributed by atoms with van der Waals surface area (Å²) in [6, 6.07) is 4.02. The second-order valence-corrected chi connectivity index (χ2v) is 3.70. The van der Waals surface area contributed by atoms with Crippen LogP contribution in [0.1, 0.15) is 17.3 Å². The van der Waals surface area contributed by atoms with Crippen molar-refractivity contribution in [3.05, 3.63) is 38.3 Å². The molecule has 2 amide bonds. The first kappa shape index (κ1) is 12.3. The van der Waals surface area contributed by atoms with Gasteiger partial charge in [0.25, 0.3) is 11.6 Å². The largest absolute Gasteiger partial charge is 0.293 e. The Morgan fingerprint density at radius 2 is 2.06 bits per heavy atom. The molecule has 7 heteroatoms. The second kappa shape index (κ2) is 4.84. The summed E-state index contributed by atoms with van der Waals surface area (Å²) in [7, 11) is 0. The molecule has 0 bridgehead atoms. The molecule has 0 unspecified atom stereocenters. The SMILES string of the molecule is CC(=O)NC(=O)c1cccc([N+](=O)[O-])c1Br. The Labute approximate surface area is 98.9 Å². The average molecular weight is 287 g/mol. The predicted molar refractivity (Wildman–Crippen MR) is 58.9 cm³/mol. The van der Waals surface area contributed by atoms with Gasteiger partial charge in [0.15, 0.2) is 0 Å². The number of nitrogens with zero attached hydrogens (tertiary/aromatic N) is 1. The van der Waals surface area contributed by atoms with E-state index in [1.54, 1.807) is 0 Å². The van der Waals surface area contributed by atoms with Crippen LogP contribution in [0.2, 0.25) is 0 Å². The first-order valence-corrected chi connectivity index (χ1v) is 4.97. The van der Waals surface area contributed by atoms with Crippen LogP contribution in [0.15, 0.2) is 22.7 Å². The molecule has 1 rings (SSSR count). The third kappa shape index (κ3) is 2.63. The monoisotopic (exact) mass is 286 g/mol. The number of carbonyl (C=O) groups is 2. The molecule has 6 nitrogen and oxygen atoms in total. The van der Waals surface area contributed by atoms with E-state index in [1.165, 1.54) is 25.1 Å². The number of imide groups is 1. The quantitative estimate of drug-likeness (QED) is 0.661. The zero-order valence-corrected chi connectivity index (χ0v) is 9.78. The smallest absolute Gasteiger partial charge is 0.284 e. The summed E-state index contributed by atoms with van der Waals surface area (Å²) >= 11 is 2.96. The van der Waals surface area contributed by atoms with E-state index in [-0.39, 0.29) is 15.7 Å². The van der Waals surface area contributed by atoms with Gasteiger partial charge in [0.1, 0.15) is 4.47 Å². The second-order valence-electron chi connectivity index (χ2n) is 2.91. The van der Waals surface area contributed by atoms with Crippen LogP contribution in [-0.2, 0) is 4.79 Å². The summed E-state index contributed by atoms with van der Waals surface area (Å²) in [4.78, 5) is 32.1. The minimum absolute atomic E-state index is 0.0457. The zero-order valence-electron chi connectivity index (χ0n) is 8.19. The number of benzene rings is 1. The number of hydrogen-bond acceptors (Lipinski definition) is 4. The number of hydrogen-bond donors (Lipinski definition) is 1. The Bertz CT molecular complexity index is 473. The number of amides is 2. The van der Waals surface area contributed by atoms with Crippen molar-refractivity contribution in [2.24, 2.45) is 0 Å². The zero-order chi connectivity index (χ0) is 12.3. The molecular weight excluding hydrogens is 280 g/mol. The summed E-state index contributed by atoms with van der Waals surface area (Å²) in [5.41, 5.74) is -0.180. The van der Waals surface area contributed by atoms with E-state index in [0.29, 0.717) is 0 Å². The maximum absolute atomic E-state index is 11.5. The molecule has 0 aliphatic rings. The molecule has 0 fully saturated rings. The topological polar surface area (TPSA) is 89.3 Å². The molecule has 0 aliphatic carbocycles. The molecule has 0 saturated carbocycles. The lowest BCUT2D eigenvalue weighted by atomic mass is 10.2. The number of rotatable bonds is 2. The first-order chi connectivity index (χ1) is 7.43. The van der Waals surface area contributed by atoms with Crippen molar-refractivity contribution in [1.29, 1.82) is 0 Å². The molecule has 1 N–H and O–H groups in total. The van der Waals surface area contributed by atoms with Crippen molar-refractivity contribution in [1.82, 2.24) is 5.32 Å². The van der Waals surface area contributed by atoms with Crippen molar-refractivity contribution in [2.75, 3.05) is 0 Å². The van der Waals surface area contributed by atoms with Crippen molar-refractivity contribution in [2.45, 2.75) is 6.92 Å². The van der Waals surface area contributed by atoms with Crippen molar-refractivity contribution < 1.29 is 14.5 Å². The molecule has 1 aromatic carbocycles. The summed E-state index contributed by atoms with van der Waals surface area (Å²) in [5, 5.41) is 12.6. The summed E-state index contributed by atoms with van der Waals surface area (Å²) in [5.74, 6) is -1.20. The van der Waals surface area contributed by atoms with E-state index >= 15 is 0 Å². The summed E-state index contributed by atoms with van der Waals surface area (Å²) in [6.45, 7) is 1.18. The van der Waals surface area contributed by atoms with Crippen molar-refractivity contribution in [3.63, 3.8) is 0 Å². The molecule has 0 saturated heterocycles. The lowest BCUT2D eigenvalue weighted by Crippen LogP contribution is -2.28. The van der Waals surface area contributed by atoms with Crippen LogP contribution in [0.3, 0.4) is 0 Å². The summed E-state index contributed by atoms with van der Waals surface area (Å²) in [6.07, 6.45) is 0. The normalized spacial score (nSPS) is 9.62. The van der Waals surface area contributed by atoms with E-state index in [9.17, 15) is 19.7 Å². The molecular formula is C9H7BrN2O4. The predicted octanol–water partition coefficient (Wildman–Crippen LogP) is 1.63. The lowest BCUT2D eigenvalue weighted by molar-refractivity contribution is -0.385. The van der Waals surface area contributed by atoms with Gasteiger partial charge in [0.2, 0.25) is 5.91 Å². The van der Waals surface area contributed by atoms with Crippen LogP contribution in [0, 0.1) is 10.1 Å². The number of nitro benzene ring substituents is 1. The Morgan fingerprint density at radius 3 is 2.56 bits per heavy atom. The van der Waals surface area contributed by atoms with Gasteiger partial charge in [-0.1, -0.05) is 6.07 Å². The first-order valence-electron chi connectivity index (χ1n) is 4.18. The van der Waals surface area contributed by atoms with Gasteiger partial charge < -0.3 is 0 Å². The van der Waals surface area contributed by atoms with E-state index in [0.717, 1.165) is 0 Å². The fourth-order valence-corrected chi connectivity index (χ4v) is 1.65. The number of halogens is 1. The fourth-order valence-electron chi connectivity index (χ4n) is 1.06. The molecule has 1 aromatic rings. The Kier molecular flexibility index (Phi) is 3.73. The van der Waals surface area contributed by atoms with Crippen molar-refractivity contribution >= 4 is 33.4 Å². The molecule has 0 heterocycles. The standard InChI is InChI=1S/C9H7BrN2O4/c1-5(13)11-9(14)6-3-2-4-7(8(6)10)12(15)16/h2-4H,1H3,(H,11,13,14). The van der Waals surface area contributed by atoms with E-state index in [2.05, 4.69) is 15.9 Å². The average Bonchev–Trinajstić information content (AvgIpc) is 2.16. The van der Waals surface area contributed by atoms with Crippen LogP contribution >= 0.6 is 15.9 Å². The minimum atomic E-state index is -0.678. The Hall–Kier alpha value is -1.76. The van der Waals surface area contributed by atoms with Crippen LogP contribution in [0.25, 0.3) is 0 Å². The highest BCUT2D eigenvalue weighted by atomic mass is 79.9.